The SMILES string of the molecule is c1c(NC2CCC2)nnc2c1CCNC2. The fourth-order valence-corrected chi connectivity index (χ4v) is 2.08. The average Bonchev–Trinajstić information content (AvgIpc) is 2.23. The Balaban J connectivity index is 1.77. The van der Waals surface area contributed by atoms with E-state index >= 15 is 0 Å². The largest absolute Gasteiger partial charge is 0.366 e. The van der Waals surface area contributed by atoms with Gasteiger partial charge in [0.15, 0.2) is 0 Å². The zero-order valence-corrected chi connectivity index (χ0v) is 8.79. The summed E-state index contributed by atoms with van der Waals surface area (Å²) in [7, 11) is 0. The van der Waals surface area contributed by atoms with Crippen LogP contribution in [-0.4, -0.2) is 22.8 Å². The smallest absolute Gasteiger partial charge is 0.149 e. The van der Waals surface area contributed by atoms with Gasteiger partial charge in [-0.15, -0.1) is 5.10 Å². The van der Waals surface area contributed by atoms with Crippen molar-refractivity contribution in [2.24, 2.45) is 0 Å². The lowest BCUT2D eigenvalue weighted by Gasteiger charge is -2.27. The molecule has 0 atom stereocenters. The van der Waals surface area contributed by atoms with Gasteiger partial charge < -0.3 is 10.6 Å². The minimum absolute atomic E-state index is 0.638. The zero-order valence-electron chi connectivity index (χ0n) is 8.79. The van der Waals surface area contributed by atoms with E-state index in [2.05, 4.69) is 26.9 Å². The van der Waals surface area contributed by atoms with Crippen LogP contribution in [0.5, 0.6) is 0 Å². The number of hydrogen-bond donors (Lipinski definition) is 2. The number of fused-ring (bicyclic) bond motifs is 1. The molecule has 1 saturated carbocycles. The number of anilines is 1. The van der Waals surface area contributed by atoms with Crippen molar-refractivity contribution >= 4 is 5.82 Å². The monoisotopic (exact) mass is 204 g/mol. The molecule has 2 heterocycles. The summed E-state index contributed by atoms with van der Waals surface area (Å²) < 4.78 is 0. The summed E-state index contributed by atoms with van der Waals surface area (Å²) in [6.45, 7) is 1.92. The van der Waals surface area contributed by atoms with Crippen LogP contribution in [-0.2, 0) is 13.0 Å². The van der Waals surface area contributed by atoms with E-state index in [1.807, 2.05) is 0 Å². The molecule has 1 fully saturated rings. The Bertz CT molecular complexity index is 360. The molecule has 0 spiro atoms. The maximum absolute atomic E-state index is 4.26. The van der Waals surface area contributed by atoms with Gasteiger partial charge in [-0.05, 0) is 43.9 Å². The van der Waals surface area contributed by atoms with E-state index in [0.717, 1.165) is 31.0 Å². The van der Waals surface area contributed by atoms with Crippen molar-refractivity contribution in [3.8, 4) is 0 Å². The lowest BCUT2D eigenvalue weighted by Crippen LogP contribution is -2.29. The van der Waals surface area contributed by atoms with E-state index in [9.17, 15) is 0 Å². The van der Waals surface area contributed by atoms with Gasteiger partial charge in [0, 0.05) is 12.6 Å². The summed E-state index contributed by atoms with van der Waals surface area (Å²) in [6.07, 6.45) is 4.98. The van der Waals surface area contributed by atoms with Gasteiger partial charge in [-0.1, -0.05) is 0 Å². The summed E-state index contributed by atoms with van der Waals surface area (Å²) in [6, 6.07) is 2.81. The predicted molar refractivity (Wildman–Crippen MR) is 58.7 cm³/mol. The van der Waals surface area contributed by atoms with E-state index < -0.39 is 0 Å². The second-order valence-corrected chi connectivity index (χ2v) is 4.40. The average molecular weight is 204 g/mol. The third-order valence-electron chi connectivity index (χ3n) is 3.28. The number of hydrogen-bond acceptors (Lipinski definition) is 4. The van der Waals surface area contributed by atoms with E-state index in [-0.39, 0.29) is 0 Å². The number of rotatable bonds is 2. The molecule has 2 aliphatic rings. The Morgan fingerprint density at radius 1 is 1.33 bits per heavy atom. The Kier molecular flexibility index (Phi) is 2.29. The lowest BCUT2D eigenvalue weighted by atomic mass is 9.93. The van der Waals surface area contributed by atoms with Gasteiger partial charge in [0.2, 0.25) is 0 Å². The van der Waals surface area contributed by atoms with Crippen LogP contribution in [0.2, 0.25) is 0 Å². The van der Waals surface area contributed by atoms with Crippen LogP contribution in [0.25, 0.3) is 0 Å². The Hall–Kier alpha value is -1.16. The summed E-state index contributed by atoms with van der Waals surface area (Å²) >= 11 is 0. The van der Waals surface area contributed by atoms with Crippen LogP contribution in [0, 0.1) is 0 Å². The molecule has 3 rings (SSSR count). The second-order valence-electron chi connectivity index (χ2n) is 4.40. The van der Waals surface area contributed by atoms with Crippen molar-refractivity contribution in [2.75, 3.05) is 11.9 Å². The molecule has 0 unspecified atom stereocenters. The number of aromatic nitrogens is 2. The van der Waals surface area contributed by atoms with Gasteiger partial charge in [-0.2, -0.15) is 5.10 Å². The van der Waals surface area contributed by atoms with Gasteiger partial charge in [0.05, 0.1) is 5.69 Å². The fraction of sp³-hybridized carbons (Fsp3) is 0.636. The highest BCUT2D eigenvalue weighted by molar-refractivity contribution is 5.40. The highest BCUT2D eigenvalue weighted by atomic mass is 15.2. The molecule has 1 aliphatic heterocycles. The van der Waals surface area contributed by atoms with Crippen molar-refractivity contribution in [3.05, 3.63) is 17.3 Å². The summed E-state index contributed by atoms with van der Waals surface area (Å²) in [5.41, 5.74) is 2.46. The van der Waals surface area contributed by atoms with Gasteiger partial charge in [0.1, 0.15) is 5.82 Å². The van der Waals surface area contributed by atoms with Crippen LogP contribution in [0.15, 0.2) is 6.07 Å². The van der Waals surface area contributed by atoms with Crippen LogP contribution in [0.4, 0.5) is 5.82 Å². The molecule has 1 aromatic rings. The van der Waals surface area contributed by atoms with E-state index in [1.54, 1.807) is 0 Å². The standard InChI is InChI=1S/C11H16N4/c1-2-9(3-1)13-11-6-8-4-5-12-7-10(8)14-15-11/h6,9,12H,1-5,7H2,(H,13,15). The Labute approximate surface area is 89.5 Å². The molecule has 0 bridgehead atoms. The molecular weight excluding hydrogens is 188 g/mol. The highest BCUT2D eigenvalue weighted by Crippen LogP contribution is 2.23. The lowest BCUT2D eigenvalue weighted by molar-refractivity contribution is 0.443. The summed E-state index contributed by atoms with van der Waals surface area (Å²) in [4.78, 5) is 0. The molecule has 0 aromatic carbocycles. The quantitative estimate of drug-likeness (QED) is 0.757. The van der Waals surface area contributed by atoms with Crippen molar-refractivity contribution in [1.82, 2.24) is 15.5 Å². The molecule has 0 saturated heterocycles. The van der Waals surface area contributed by atoms with E-state index in [1.165, 1.54) is 24.8 Å². The molecule has 1 aromatic heterocycles. The minimum atomic E-state index is 0.638. The third kappa shape index (κ3) is 1.81. The van der Waals surface area contributed by atoms with Crippen LogP contribution in [0.1, 0.15) is 30.5 Å². The normalized spacial score (nSPS) is 20.5. The first-order chi connectivity index (χ1) is 7.42. The van der Waals surface area contributed by atoms with Gasteiger partial charge in [0.25, 0.3) is 0 Å². The van der Waals surface area contributed by atoms with Crippen molar-refractivity contribution in [1.29, 1.82) is 0 Å². The Morgan fingerprint density at radius 3 is 3.07 bits per heavy atom. The second kappa shape index (κ2) is 3.77. The third-order valence-corrected chi connectivity index (χ3v) is 3.28. The number of nitrogens with one attached hydrogen (secondary N) is 2. The molecule has 0 amide bonds. The maximum atomic E-state index is 4.26. The summed E-state index contributed by atoms with van der Waals surface area (Å²) in [5, 5.41) is 15.2. The predicted octanol–water partition coefficient (Wildman–Crippen LogP) is 1.09. The molecule has 4 nitrogen and oxygen atoms in total. The van der Waals surface area contributed by atoms with Crippen molar-refractivity contribution < 1.29 is 0 Å². The van der Waals surface area contributed by atoms with Crippen molar-refractivity contribution in [3.63, 3.8) is 0 Å². The molecule has 1 aliphatic carbocycles. The zero-order chi connectivity index (χ0) is 10.1. The molecular formula is C11H16N4. The summed E-state index contributed by atoms with van der Waals surface area (Å²) in [5.74, 6) is 0.959. The topological polar surface area (TPSA) is 49.8 Å². The van der Waals surface area contributed by atoms with Crippen molar-refractivity contribution in [2.45, 2.75) is 38.3 Å². The van der Waals surface area contributed by atoms with Crippen LogP contribution < -0.4 is 10.6 Å². The fourth-order valence-electron chi connectivity index (χ4n) is 2.08. The molecule has 80 valence electrons. The first kappa shape index (κ1) is 9.09. The van der Waals surface area contributed by atoms with Gasteiger partial charge in [-0.3, -0.25) is 0 Å². The first-order valence-electron chi connectivity index (χ1n) is 5.74. The Morgan fingerprint density at radius 2 is 2.27 bits per heavy atom. The molecule has 4 heteroatoms. The van der Waals surface area contributed by atoms with Gasteiger partial charge in [-0.25, -0.2) is 0 Å². The van der Waals surface area contributed by atoms with Crippen LogP contribution in [0.3, 0.4) is 0 Å². The minimum Gasteiger partial charge on any atom is -0.366 e. The maximum Gasteiger partial charge on any atom is 0.149 e. The van der Waals surface area contributed by atoms with Crippen LogP contribution >= 0.6 is 0 Å². The van der Waals surface area contributed by atoms with E-state index in [0.29, 0.717) is 6.04 Å². The molecule has 15 heavy (non-hydrogen) atoms. The first-order valence-corrected chi connectivity index (χ1v) is 5.74. The van der Waals surface area contributed by atoms with Gasteiger partial charge >= 0.3 is 0 Å². The van der Waals surface area contributed by atoms with E-state index in [4.69, 9.17) is 0 Å². The number of nitrogens with zero attached hydrogens (tertiary/aromatic N) is 2. The molecule has 2 N–H and O–H groups in total. The molecule has 0 radical (unpaired) electrons. The highest BCUT2D eigenvalue weighted by Gasteiger charge is 2.18.